The van der Waals surface area contributed by atoms with E-state index in [1.54, 1.807) is 30.3 Å². The van der Waals surface area contributed by atoms with Gasteiger partial charge in [-0.1, -0.05) is 25.1 Å². The zero-order valence-corrected chi connectivity index (χ0v) is 18.8. The van der Waals surface area contributed by atoms with Crippen molar-refractivity contribution in [3.05, 3.63) is 94.9 Å². The maximum absolute atomic E-state index is 13.5. The van der Waals surface area contributed by atoms with Crippen molar-refractivity contribution in [3.63, 3.8) is 0 Å². The average Bonchev–Trinajstić information content (AvgIpc) is 3.05. The normalized spacial score (nSPS) is 13.6. The van der Waals surface area contributed by atoms with Crippen molar-refractivity contribution in [2.24, 2.45) is 0 Å². The molecule has 3 aromatic rings. The fourth-order valence-electron chi connectivity index (χ4n) is 3.63. The number of imide groups is 1. The van der Waals surface area contributed by atoms with Crippen LogP contribution < -0.4 is 15.0 Å². The Hall–Kier alpha value is -3.93. The summed E-state index contributed by atoms with van der Waals surface area (Å²) < 4.78 is 19.0. The predicted octanol–water partition coefficient (Wildman–Crippen LogP) is 5.63. The van der Waals surface area contributed by atoms with E-state index in [2.05, 4.69) is 5.32 Å². The number of nitrogens with one attached hydrogen (secondary N) is 1. The highest BCUT2D eigenvalue weighted by molar-refractivity contribution is 6.46. The molecule has 0 radical (unpaired) electrons. The van der Waals surface area contributed by atoms with Crippen molar-refractivity contribution in [1.29, 1.82) is 0 Å². The lowest BCUT2D eigenvalue weighted by atomic mass is 10.0. The minimum absolute atomic E-state index is 0.145. The van der Waals surface area contributed by atoms with Crippen LogP contribution in [-0.2, 0) is 9.59 Å². The molecule has 3 aromatic carbocycles. The Kier molecular flexibility index (Phi) is 6.27. The molecule has 0 bridgehead atoms. The molecule has 1 aliphatic heterocycles. The number of carbonyl (C=O) groups is 2. The predicted molar refractivity (Wildman–Crippen MR) is 128 cm³/mol. The number of nitrogens with zero attached hydrogens (tertiary/aromatic N) is 1. The summed E-state index contributed by atoms with van der Waals surface area (Å²) in [6, 6.07) is 18.2. The van der Waals surface area contributed by atoms with E-state index in [1.807, 2.05) is 32.9 Å². The summed E-state index contributed by atoms with van der Waals surface area (Å²) >= 11 is 0. The number of benzene rings is 3. The van der Waals surface area contributed by atoms with E-state index < -0.39 is 11.8 Å². The zero-order valence-electron chi connectivity index (χ0n) is 18.8. The van der Waals surface area contributed by atoms with Crippen molar-refractivity contribution < 1.29 is 18.7 Å². The molecule has 0 spiro atoms. The highest BCUT2D eigenvalue weighted by Crippen LogP contribution is 2.35. The standard InChI is InChI=1S/C27H25FN2O3/c1-4-15-33-23-13-6-19(7-14-23)24-25(29-21-10-8-20(28)9-11-21)27(32)30(26(24)31)22-12-5-17(2)18(3)16-22/h5-14,16,29H,4,15H2,1-3H3. The average molecular weight is 445 g/mol. The summed E-state index contributed by atoms with van der Waals surface area (Å²) in [7, 11) is 0. The second-order valence-corrected chi connectivity index (χ2v) is 7.97. The van der Waals surface area contributed by atoms with Gasteiger partial charge < -0.3 is 10.1 Å². The molecule has 0 atom stereocenters. The van der Waals surface area contributed by atoms with Crippen LogP contribution in [0.3, 0.4) is 0 Å². The first kappa shape index (κ1) is 22.3. The molecule has 1 N–H and O–H groups in total. The molecule has 0 saturated carbocycles. The number of halogens is 1. The van der Waals surface area contributed by atoms with E-state index in [4.69, 9.17) is 4.74 Å². The zero-order chi connectivity index (χ0) is 23.5. The van der Waals surface area contributed by atoms with Crippen molar-refractivity contribution in [3.8, 4) is 5.75 Å². The number of ether oxygens (including phenoxy) is 1. The monoisotopic (exact) mass is 444 g/mol. The number of hydrogen-bond acceptors (Lipinski definition) is 4. The molecule has 1 aliphatic rings. The minimum atomic E-state index is -0.464. The first-order valence-electron chi connectivity index (χ1n) is 10.8. The highest BCUT2D eigenvalue weighted by Gasteiger charge is 2.40. The Morgan fingerprint density at radius 2 is 1.58 bits per heavy atom. The van der Waals surface area contributed by atoms with Gasteiger partial charge in [0.15, 0.2) is 0 Å². The summed E-state index contributed by atoms with van der Waals surface area (Å²) in [5, 5.41) is 3.04. The number of amides is 2. The van der Waals surface area contributed by atoms with Crippen LogP contribution >= 0.6 is 0 Å². The fourth-order valence-corrected chi connectivity index (χ4v) is 3.63. The molecule has 33 heavy (non-hydrogen) atoms. The van der Waals surface area contributed by atoms with Crippen LogP contribution in [0.1, 0.15) is 30.0 Å². The maximum Gasteiger partial charge on any atom is 0.282 e. The van der Waals surface area contributed by atoms with Crippen molar-refractivity contribution in [2.45, 2.75) is 27.2 Å². The molecule has 0 saturated heterocycles. The van der Waals surface area contributed by atoms with Crippen LogP contribution in [0.15, 0.2) is 72.4 Å². The summed E-state index contributed by atoms with van der Waals surface area (Å²) in [5.41, 5.74) is 4.05. The lowest BCUT2D eigenvalue weighted by Crippen LogP contribution is -2.32. The summed E-state index contributed by atoms with van der Waals surface area (Å²) in [6.07, 6.45) is 0.885. The third-order valence-corrected chi connectivity index (χ3v) is 5.56. The van der Waals surface area contributed by atoms with Gasteiger partial charge in [-0.05, 0) is 85.5 Å². The molecule has 0 aliphatic carbocycles. The Labute approximate surface area is 192 Å². The van der Waals surface area contributed by atoms with Crippen LogP contribution in [0.4, 0.5) is 15.8 Å². The molecular weight excluding hydrogens is 419 g/mol. The topological polar surface area (TPSA) is 58.6 Å². The number of rotatable bonds is 7. The van der Waals surface area contributed by atoms with Crippen LogP contribution in [0.2, 0.25) is 0 Å². The van der Waals surface area contributed by atoms with E-state index in [9.17, 15) is 14.0 Å². The van der Waals surface area contributed by atoms with Crippen molar-refractivity contribution >= 4 is 28.8 Å². The van der Waals surface area contributed by atoms with Gasteiger partial charge >= 0.3 is 0 Å². The number of carbonyl (C=O) groups excluding carboxylic acids is 2. The SMILES string of the molecule is CCCOc1ccc(C2=C(Nc3ccc(F)cc3)C(=O)N(c3ccc(C)c(C)c3)C2=O)cc1. The van der Waals surface area contributed by atoms with Crippen LogP contribution in [0, 0.1) is 19.7 Å². The molecule has 6 heteroatoms. The molecule has 4 rings (SSSR count). The lowest BCUT2D eigenvalue weighted by Gasteiger charge is -2.17. The number of anilines is 2. The Morgan fingerprint density at radius 1 is 0.879 bits per heavy atom. The summed E-state index contributed by atoms with van der Waals surface area (Å²) in [4.78, 5) is 28.2. The van der Waals surface area contributed by atoms with Gasteiger partial charge in [0.25, 0.3) is 11.8 Å². The Bertz CT molecular complexity index is 1230. The van der Waals surface area contributed by atoms with Gasteiger partial charge in [-0.2, -0.15) is 0 Å². The molecule has 1 heterocycles. The maximum atomic E-state index is 13.5. The van der Waals surface area contributed by atoms with E-state index in [0.717, 1.165) is 17.5 Å². The Morgan fingerprint density at radius 3 is 2.21 bits per heavy atom. The van der Waals surface area contributed by atoms with Gasteiger partial charge in [0.05, 0.1) is 17.9 Å². The van der Waals surface area contributed by atoms with E-state index in [0.29, 0.717) is 29.3 Å². The second-order valence-electron chi connectivity index (χ2n) is 7.97. The highest BCUT2D eigenvalue weighted by atomic mass is 19.1. The number of hydrogen-bond donors (Lipinski definition) is 1. The third-order valence-electron chi connectivity index (χ3n) is 5.56. The third kappa shape index (κ3) is 4.51. The summed E-state index contributed by atoms with van der Waals surface area (Å²) in [5.74, 6) is -0.580. The van der Waals surface area contributed by atoms with E-state index >= 15 is 0 Å². The fraction of sp³-hybridized carbons (Fsp3) is 0.185. The Balaban J connectivity index is 1.76. The molecule has 0 fully saturated rings. The van der Waals surface area contributed by atoms with Crippen LogP contribution in [-0.4, -0.2) is 18.4 Å². The smallest absolute Gasteiger partial charge is 0.282 e. The molecular formula is C27H25FN2O3. The van der Waals surface area contributed by atoms with Gasteiger partial charge in [0, 0.05) is 5.69 Å². The second kappa shape index (κ2) is 9.28. The van der Waals surface area contributed by atoms with Gasteiger partial charge in [0.1, 0.15) is 17.3 Å². The van der Waals surface area contributed by atoms with Crippen molar-refractivity contribution in [1.82, 2.24) is 0 Å². The van der Waals surface area contributed by atoms with E-state index in [-0.39, 0.29) is 17.1 Å². The molecule has 0 unspecified atom stereocenters. The van der Waals surface area contributed by atoms with Crippen LogP contribution in [0.25, 0.3) is 5.57 Å². The first-order valence-corrected chi connectivity index (χ1v) is 10.8. The largest absolute Gasteiger partial charge is 0.494 e. The van der Waals surface area contributed by atoms with Gasteiger partial charge in [-0.15, -0.1) is 0 Å². The van der Waals surface area contributed by atoms with Gasteiger partial charge in [-0.25, -0.2) is 9.29 Å². The molecule has 0 aromatic heterocycles. The van der Waals surface area contributed by atoms with Gasteiger partial charge in [0.2, 0.25) is 0 Å². The molecule has 5 nitrogen and oxygen atoms in total. The molecule has 168 valence electrons. The van der Waals surface area contributed by atoms with Crippen molar-refractivity contribution in [2.75, 3.05) is 16.8 Å². The summed E-state index contributed by atoms with van der Waals surface area (Å²) in [6.45, 7) is 6.53. The quantitative estimate of drug-likeness (QED) is 0.480. The van der Waals surface area contributed by atoms with Gasteiger partial charge in [-0.3, -0.25) is 9.59 Å². The first-order chi connectivity index (χ1) is 15.9. The minimum Gasteiger partial charge on any atom is -0.494 e. The number of aryl methyl sites for hydroxylation is 2. The van der Waals surface area contributed by atoms with E-state index in [1.165, 1.54) is 29.2 Å². The molecule has 2 amide bonds. The lowest BCUT2D eigenvalue weighted by molar-refractivity contribution is -0.120. The van der Waals surface area contributed by atoms with Crippen LogP contribution in [0.5, 0.6) is 5.75 Å².